The summed E-state index contributed by atoms with van der Waals surface area (Å²) >= 11 is 3.66. The highest BCUT2D eigenvalue weighted by atomic mass is 79.9. The Morgan fingerprint density at radius 2 is 2.11 bits per heavy atom. The van der Waals surface area contributed by atoms with Crippen LogP contribution >= 0.6 is 15.9 Å². The van der Waals surface area contributed by atoms with E-state index in [1.807, 2.05) is 4.68 Å². The smallest absolute Gasteiger partial charge is 0.179 e. The van der Waals surface area contributed by atoms with Gasteiger partial charge in [-0.2, -0.15) is 5.10 Å². The van der Waals surface area contributed by atoms with Gasteiger partial charge in [-0.15, -0.1) is 0 Å². The first-order chi connectivity index (χ1) is 9.08. The highest BCUT2D eigenvalue weighted by molar-refractivity contribution is 9.10. The zero-order valence-corrected chi connectivity index (χ0v) is 13.5. The number of methoxy groups -OCH3 is 2. The number of hydrogen-bond acceptors (Lipinski definition) is 4. The Morgan fingerprint density at radius 3 is 2.68 bits per heavy atom. The van der Waals surface area contributed by atoms with Crippen molar-refractivity contribution in [3.63, 3.8) is 0 Å². The fourth-order valence-electron chi connectivity index (χ4n) is 2.50. The quantitative estimate of drug-likeness (QED) is 0.843. The van der Waals surface area contributed by atoms with Crippen LogP contribution in [0.25, 0.3) is 0 Å². The summed E-state index contributed by atoms with van der Waals surface area (Å²) in [5.74, 6) is 1.61. The molecule has 2 heterocycles. The van der Waals surface area contributed by atoms with E-state index in [1.165, 1.54) is 0 Å². The van der Waals surface area contributed by atoms with E-state index in [0.29, 0.717) is 5.92 Å². The Balaban J connectivity index is 2.33. The molecule has 0 saturated heterocycles. The summed E-state index contributed by atoms with van der Waals surface area (Å²) in [6.07, 6.45) is 1.63. The van der Waals surface area contributed by atoms with Gasteiger partial charge in [-0.1, -0.05) is 13.8 Å². The minimum Gasteiger partial charge on any atom is -0.369 e. The lowest BCUT2D eigenvalue weighted by atomic mass is 10.1. The topological polar surface area (TPSA) is 48.3 Å². The normalized spacial score (nSPS) is 18.8. The molecule has 0 amide bonds. The van der Waals surface area contributed by atoms with Gasteiger partial charge in [0.15, 0.2) is 6.29 Å². The molecule has 1 aliphatic heterocycles. The maximum atomic E-state index is 5.40. The van der Waals surface area contributed by atoms with Crippen LogP contribution in [0.15, 0.2) is 4.47 Å². The third-order valence-electron chi connectivity index (χ3n) is 3.35. The van der Waals surface area contributed by atoms with Crippen molar-refractivity contribution in [2.24, 2.45) is 5.92 Å². The van der Waals surface area contributed by atoms with Gasteiger partial charge in [-0.05, 0) is 34.7 Å². The van der Waals surface area contributed by atoms with Gasteiger partial charge in [-0.25, -0.2) is 4.68 Å². The zero-order valence-electron chi connectivity index (χ0n) is 11.9. The maximum absolute atomic E-state index is 5.40. The summed E-state index contributed by atoms with van der Waals surface area (Å²) in [4.78, 5) is 0. The van der Waals surface area contributed by atoms with Gasteiger partial charge in [0.1, 0.15) is 11.9 Å². The average Bonchev–Trinajstić information content (AvgIpc) is 2.69. The zero-order chi connectivity index (χ0) is 14.0. The largest absolute Gasteiger partial charge is 0.369 e. The molecule has 2 rings (SSSR count). The number of hydrogen-bond donors (Lipinski definition) is 1. The highest BCUT2D eigenvalue weighted by Gasteiger charge is 2.31. The molecule has 0 fully saturated rings. The summed E-state index contributed by atoms with van der Waals surface area (Å²) in [6, 6.07) is 0.114. The predicted octanol–water partition coefficient (Wildman–Crippen LogP) is 2.82. The summed E-state index contributed by atoms with van der Waals surface area (Å²) in [5, 5.41) is 8.14. The van der Waals surface area contributed by atoms with E-state index in [9.17, 15) is 0 Å². The molecule has 0 spiro atoms. The van der Waals surface area contributed by atoms with E-state index in [1.54, 1.807) is 14.2 Å². The molecule has 1 aromatic heterocycles. The second kappa shape index (κ2) is 6.24. The molecular formula is C13H22BrN3O2. The molecular weight excluding hydrogens is 310 g/mol. The molecule has 6 heteroatoms. The van der Waals surface area contributed by atoms with Crippen molar-refractivity contribution in [3.8, 4) is 0 Å². The lowest BCUT2D eigenvalue weighted by molar-refractivity contribution is -0.135. The van der Waals surface area contributed by atoms with E-state index in [2.05, 4.69) is 35.1 Å². The van der Waals surface area contributed by atoms with Crippen molar-refractivity contribution in [2.45, 2.75) is 39.0 Å². The lowest BCUT2D eigenvalue weighted by Crippen LogP contribution is -2.34. The Morgan fingerprint density at radius 1 is 1.42 bits per heavy atom. The molecule has 0 saturated carbocycles. The molecule has 0 radical (unpaired) electrons. The third-order valence-corrected chi connectivity index (χ3v) is 4.18. The van der Waals surface area contributed by atoms with Crippen LogP contribution < -0.4 is 5.32 Å². The molecule has 1 atom stereocenters. The number of ether oxygens (including phenoxy) is 2. The summed E-state index contributed by atoms with van der Waals surface area (Å²) in [6.45, 7) is 5.30. The summed E-state index contributed by atoms with van der Waals surface area (Å²) in [7, 11) is 3.34. The molecule has 1 unspecified atom stereocenters. The van der Waals surface area contributed by atoms with Gasteiger partial charge in [0.2, 0.25) is 0 Å². The fraction of sp³-hybridized carbons (Fsp3) is 0.769. The first-order valence-corrected chi connectivity index (χ1v) is 7.44. The fourth-order valence-corrected chi connectivity index (χ4v) is 3.06. The van der Waals surface area contributed by atoms with E-state index in [4.69, 9.17) is 14.6 Å². The van der Waals surface area contributed by atoms with Crippen LogP contribution in [0.4, 0.5) is 5.82 Å². The monoisotopic (exact) mass is 331 g/mol. The minimum absolute atomic E-state index is 0.114. The van der Waals surface area contributed by atoms with Crippen LogP contribution in [-0.2, 0) is 15.9 Å². The van der Waals surface area contributed by atoms with Gasteiger partial charge < -0.3 is 14.8 Å². The number of nitrogens with one attached hydrogen (secondary N) is 1. The van der Waals surface area contributed by atoms with E-state index in [0.717, 1.165) is 35.4 Å². The summed E-state index contributed by atoms with van der Waals surface area (Å²) < 4.78 is 13.9. The Bertz CT molecular complexity index is 430. The Labute approximate surface area is 122 Å². The molecule has 0 aromatic carbocycles. The first kappa shape index (κ1) is 14.8. The molecule has 19 heavy (non-hydrogen) atoms. The van der Waals surface area contributed by atoms with Crippen LogP contribution in [0.5, 0.6) is 0 Å². The van der Waals surface area contributed by atoms with E-state index in [-0.39, 0.29) is 12.3 Å². The number of aromatic nitrogens is 2. The maximum Gasteiger partial charge on any atom is 0.179 e. The minimum atomic E-state index is -0.264. The van der Waals surface area contributed by atoms with Crippen LogP contribution in [0.2, 0.25) is 0 Å². The average molecular weight is 332 g/mol. The molecule has 1 N–H and O–H groups in total. The van der Waals surface area contributed by atoms with E-state index >= 15 is 0 Å². The summed E-state index contributed by atoms with van der Waals surface area (Å²) in [5.41, 5.74) is 1.09. The Kier molecular flexibility index (Phi) is 4.86. The van der Waals surface area contributed by atoms with Gasteiger partial charge in [0, 0.05) is 20.8 Å². The number of fused-ring (bicyclic) bond motifs is 1. The number of rotatable bonds is 5. The van der Waals surface area contributed by atoms with Crippen molar-refractivity contribution in [1.29, 1.82) is 0 Å². The third kappa shape index (κ3) is 2.95. The molecule has 0 bridgehead atoms. The standard InChI is InChI=1S/C13H22BrN3O2/c1-8(2)7-9-11(14)12-15-6-5-10(17(12)16-9)13(18-3)19-4/h8,10,13,15H,5-7H2,1-4H3. The van der Waals surface area contributed by atoms with Crippen molar-refractivity contribution in [1.82, 2.24) is 9.78 Å². The van der Waals surface area contributed by atoms with Crippen molar-refractivity contribution in [2.75, 3.05) is 26.1 Å². The number of nitrogens with zero attached hydrogens (tertiary/aromatic N) is 2. The molecule has 108 valence electrons. The number of anilines is 1. The first-order valence-electron chi connectivity index (χ1n) is 6.64. The molecule has 1 aromatic rings. The molecule has 5 nitrogen and oxygen atoms in total. The van der Waals surface area contributed by atoms with Crippen LogP contribution in [0.3, 0.4) is 0 Å². The van der Waals surface area contributed by atoms with E-state index < -0.39 is 0 Å². The number of halogens is 1. The van der Waals surface area contributed by atoms with Crippen molar-refractivity contribution >= 4 is 21.7 Å². The van der Waals surface area contributed by atoms with Crippen LogP contribution in [0.1, 0.15) is 32.0 Å². The van der Waals surface area contributed by atoms with Gasteiger partial charge in [-0.3, -0.25) is 0 Å². The predicted molar refractivity (Wildman–Crippen MR) is 78.4 cm³/mol. The van der Waals surface area contributed by atoms with Gasteiger partial charge in [0.05, 0.1) is 10.2 Å². The van der Waals surface area contributed by atoms with Crippen LogP contribution in [-0.4, -0.2) is 36.8 Å². The van der Waals surface area contributed by atoms with Crippen molar-refractivity contribution < 1.29 is 9.47 Å². The second-order valence-corrected chi connectivity index (χ2v) is 6.07. The molecule has 1 aliphatic rings. The SMILES string of the molecule is COC(OC)C1CCNc2c(Br)c(CC(C)C)nn21. The van der Waals surface area contributed by atoms with Gasteiger partial charge in [0.25, 0.3) is 0 Å². The Hall–Kier alpha value is -0.590. The molecule has 0 aliphatic carbocycles. The second-order valence-electron chi connectivity index (χ2n) is 5.27. The van der Waals surface area contributed by atoms with Crippen molar-refractivity contribution in [3.05, 3.63) is 10.2 Å². The van der Waals surface area contributed by atoms with Gasteiger partial charge >= 0.3 is 0 Å². The van der Waals surface area contributed by atoms with Crippen LogP contribution in [0, 0.1) is 5.92 Å². The highest BCUT2D eigenvalue weighted by Crippen LogP contribution is 2.35. The lowest BCUT2D eigenvalue weighted by Gasteiger charge is -2.30.